The highest BCUT2D eigenvalue weighted by molar-refractivity contribution is 5.36. The highest BCUT2D eigenvalue weighted by Gasteiger charge is 2.32. The van der Waals surface area contributed by atoms with Crippen molar-refractivity contribution < 1.29 is 19.7 Å². The molecule has 1 aliphatic heterocycles. The number of methoxy groups -OCH3 is 1. The number of likely N-dealkylation sites (tertiary alicyclic amines) is 1. The van der Waals surface area contributed by atoms with E-state index in [9.17, 15) is 10.2 Å². The van der Waals surface area contributed by atoms with E-state index in [0.717, 1.165) is 42.3 Å². The summed E-state index contributed by atoms with van der Waals surface area (Å²) in [7, 11) is 1.64. The Morgan fingerprint density at radius 3 is 2.56 bits per heavy atom. The number of hydrogen-bond donors (Lipinski definition) is 2. The second-order valence-corrected chi connectivity index (χ2v) is 6.62. The van der Waals surface area contributed by atoms with Gasteiger partial charge in [0.25, 0.3) is 0 Å². The van der Waals surface area contributed by atoms with Crippen LogP contribution in [0.4, 0.5) is 0 Å². The predicted molar refractivity (Wildman–Crippen MR) is 96.1 cm³/mol. The summed E-state index contributed by atoms with van der Waals surface area (Å²) in [5, 5.41) is 19.7. The molecule has 5 heteroatoms. The highest BCUT2D eigenvalue weighted by Crippen LogP contribution is 2.26. The van der Waals surface area contributed by atoms with Gasteiger partial charge in [0.05, 0.1) is 13.7 Å². The molecule has 5 nitrogen and oxygen atoms in total. The largest absolute Gasteiger partial charge is 0.497 e. The van der Waals surface area contributed by atoms with E-state index < -0.39 is 5.60 Å². The minimum Gasteiger partial charge on any atom is -0.497 e. The zero-order valence-corrected chi connectivity index (χ0v) is 14.5. The highest BCUT2D eigenvalue weighted by atomic mass is 16.5. The van der Waals surface area contributed by atoms with Gasteiger partial charge in [-0.05, 0) is 61.3 Å². The summed E-state index contributed by atoms with van der Waals surface area (Å²) in [6.07, 6.45) is 1.54. The first-order valence-corrected chi connectivity index (χ1v) is 8.57. The van der Waals surface area contributed by atoms with Gasteiger partial charge in [0.1, 0.15) is 22.8 Å². The fourth-order valence-corrected chi connectivity index (χ4v) is 3.22. The van der Waals surface area contributed by atoms with E-state index >= 15 is 0 Å². The number of piperidine rings is 1. The van der Waals surface area contributed by atoms with Crippen LogP contribution in [0.3, 0.4) is 0 Å². The first kappa shape index (κ1) is 17.7. The second-order valence-electron chi connectivity index (χ2n) is 6.62. The number of β-amino-alcohol motifs (C(OH)–C–C–N with tert-alkyl or cyclic N) is 1. The second kappa shape index (κ2) is 7.87. The summed E-state index contributed by atoms with van der Waals surface area (Å²) in [5.74, 6) is 2.32. The van der Waals surface area contributed by atoms with E-state index in [4.69, 9.17) is 9.47 Å². The average Bonchev–Trinajstić information content (AvgIpc) is 2.63. The van der Waals surface area contributed by atoms with Gasteiger partial charge >= 0.3 is 0 Å². The number of benzene rings is 2. The molecule has 1 unspecified atom stereocenters. The van der Waals surface area contributed by atoms with Crippen molar-refractivity contribution in [3.05, 3.63) is 54.1 Å². The van der Waals surface area contributed by atoms with Gasteiger partial charge in [-0.25, -0.2) is 0 Å². The summed E-state index contributed by atoms with van der Waals surface area (Å²) in [5.41, 5.74) is 0.142. The molecule has 1 aliphatic rings. The van der Waals surface area contributed by atoms with Crippen LogP contribution in [0.15, 0.2) is 48.5 Å². The normalized spacial score (nSPS) is 21.1. The predicted octanol–water partition coefficient (Wildman–Crippen LogP) is 2.81. The Bertz CT molecular complexity index is 688. The van der Waals surface area contributed by atoms with Crippen molar-refractivity contribution in [2.45, 2.75) is 25.0 Å². The van der Waals surface area contributed by atoms with Gasteiger partial charge in [0.15, 0.2) is 0 Å². The Morgan fingerprint density at radius 2 is 1.84 bits per heavy atom. The molecule has 2 N–H and O–H groups in total. The summed E-state index contributed by atoms with van der Waals surface area (Å²) < 4.78 is 11.1. The lowest BCUT2D eigenvalue weighted by molar-refractivity contribution is -0.0687. The van der Waals surface area contributed by atoms with Gasteiger partial charge < -0.3 is 19.7 Å². The number of rotatable bonds is 6. The van der Waals surface area contributed by atoms with Gasteiger partial charge in [-0.1, -0.05) is 12.1 Å². The molecule has 25 heavy (non-hydrogen) atoms. The maximum Gasteiger partial charge on any atom is 0.127 e. The number of nitrogens with zero attached hydrogens (tertiary/aromatic N) is 1. The third-order valence-corrected chi connectivity index (χ3v) is 4.53. The van der Waals surface area contributed by atoms with Crippen LogP contribution in [0, 0.1) is 0 Å². The first-order chi connectivity index (χ1) is 12.1. The lowest BCUT2D eigenvalue weighted by atomic mass is 9.93. The van der Waals surface area contributed by atoms with Crippen LogP contribution in [0.1, 0.15) is 18.4 Å². The number of aliphatic hydroxyl groups excluding tert-OH is 1. The lowest BCUT2D eigenvalue weighted by Crippen LogP contribution is -2.49. The molecule has 1 fully saturated rings. The Kier molecular flexibility index (Phi) is 5.58. The molecule has 134 valence electrons. The van der Waals surface area contributed by atoms with E-state index in [1.54, 1.807) is 7.11 Å². The van der Waals surface area contributed by atoms with Gasteiger partial charge in [0.2, 0.25) is 0 Å². The monoisotopic (exact) mass is 343 g/mol. The molecule has 0 aliphatic carbocycles. The molecule has 2 aromatic rings. The van der Waals surface area contributed by atoms with E-state index in [1.807, 2.05) is 48.5 Å². The van der Waals surface area contributed by atoms with Crippen LogP contribution in [0.25, 0.3) is 0 Å². The van der Waals surface area contributed by atoms with Crippen molar-refractivity contribution >= 4 is 0 Å². The van der Waals surface area contributed by atoms with Crippen LogP contribution in [0.5, 0.6) is 17.2 Å². The standard InChI is InChI=1S/C20H25NO4/c1-24-17-6-8-18(9-7-17)25-19-5-2-4-16(12-19)13-21-11-3-10-20(23,14-21)15-22/h2,4-9,12,22-23H,3,10-11,13-15H2,1H3. The molecular formula is C20H25NO4. The third kappa shape index (κ3) is 4.72. The van der Waals surface area contributed by atoms with Gasteiger partial charge in [0, 0.05) is 13.1 Å². The molecule has 0 saturated carbocycles. The molecular weight excluding hydrogens is 318 g/mol. The molecule has 0 amide bonds. The molecule has 0 bridgehead atoms. The zero-order valence-electron chi connectivity index (χ0n) is 14.5. The van der Waals surface area contributed by atoms with Gasteiger partial charge in [-0.2, -0.15) is 0 Å². The van der Waals surface area contributed by atoms with Gasteiger partial charge in [-0.3, -0.25) is 4.90 Å². The van der Waals surface area contributed by atoms with E-state index in [-0.39, 0.29) is 6.61 Å². The number of ether oxygens (including phenoxy) is 2. The maximum atomic E-state index is 10.3. The Balaban J connectivity index is 1.64. The first-order valence-electron chi connectivity index (χ1n) is 8.57. The van der Waals surface area contributed by atoms with Crippen molar-refractivity contribution in [2.24, 2.45) is 0 Å². The van der Waals surface area contributed by atoms with E-state index in [2.05, 4.69) is 4.90 Å². The topological polar surface area (TPSA) is 62.2 Å². The van der Waals surface area contributed by atoms with Crippen molar-refractivity contribution in [1.29, 1.82) is 0 Å². The van der Waals surface area contributed by atoms with Crippen LogP contribution >= 0.6 is 0 Å². The zero-order chi connectivity index (χ0) is 17.7. The SMILES string of the molecule is COc1ccc(Oc2cccc(CN3CCCC(O)(CO)C3)c2)cc1. The van der Waals surface area contributed by atoms with Crippen LogP contribution in [-0.2, 0) is 6.54 Å². The maximum absolute atomic E-state index is 10.3. The molecule has 3 rings (SSSR count). The Labute approximate surface area is 148 Å². The summed E-state index contributed by atoms with van der Waals surface area (Å²) >= 11 is 0. The quantitative estimate of drug-likeness (QED) is 0.844. The molecule has 1 heterocycles. The summed E-state index contributed by atoms with van der Waals surface area (Å²) in [6.45, 7) is 1.95. The molecule has 0 aromatic heterocycles. The van der Waals surface area contributed by atoms with E-state index in [0.29, 0.717) is 13.0 Å². The Hall–Kier alpha value is -2.08. The van der Waals surface area contributed by atoms with Crippen molar-refractivity contribution in [3.63, 3.8) is 0 Å². The minimum absolute atomic E-state index is 0.190. The number of aliphatic hydroxyl groups is 2. The molecule has 0 spiro atoms. The average molecular weight is 343 g/mol. The van der Waals surface area contributed by atoms with Crippen molar-refractivity contribution in [1.82, 2.24) is 4.90 Å². The smallest absolute Gasteiger partial charge is 0.127 e. The lowest BCUT2D eigenvalue weighted by Gasteiger charge is -2.38. The number of hydrogen-bond acceptors (Lipinski definition) is 5. The Morgan fingerprint density at radius 1 is 1.08 bits per heavy atom. The third-order valence-electron chi connectivity index (χ3n) is 4.53. The molecule has 0 radical (unpaired) electrons. The van der Waals surface area contributed by atoms with Crippen molar-refractivity contribution in [3.8, 4) is 17.2 Å². The minimum atomic E-state index is -0.977. The summed E-state index contributed by atoms with van der Waals surface area (Å²) in [4.78, 5) is 2.17. The van der Waals surface area contributed by atoms with Crippen LogP contribution in [-0.4, -0.2) is 47.5 Å². The van der Waals surface area contributed by atoms with Crippen LogP contribution in [0.2, 0.25) is 0 Å². The fourth-order valence-electron chi connectivity index (χ4n) is 3.22. The molecule has 1 atom stereocenters. The van der Waals surface area contributed by atoms with Crippen molar-refractivity contribution in [2.75, 3.05) is 26.8 Å². The summed E-state index contributed by atoms with van der Waals surface area (Å²) in [6, 6.07) is 15.4. The van der Waals surface area contributed by atoms with Crippen LogP contribution < -0.4 is 9.47 Å². The fraction of sp³-hybridized carbons (Fsp3) is 0.400. The van der Waals surface area contributed by atoms with E-state index in [1.165, 1.54) is 0 Å². The molecule has 2 aromatic carbocycles. The van der Waals surface area contributed by atoms with Gasteiger partial charge in [-0.15, -0.1) is 0 Å². The molecule has 1 saturated heterocycles.